The van der Waals surface area contributed by atoms with Gasteiger partial charge in [-0.1, -0.05) is 11.6 Å². The molecule has 186 valence electrons. The monoisotopic (exact) mass is 500 g/mol. The van der Waals surface area contributed by atoms with Gasteiger partial charge >= 0.3 is 6.18 Å². The van der Waals surface area contributed by atoms with Gasteiger partial charge in [0.25, 0.3) is 0 Å². The zero-order valence-electron chi connectivity index (χ0n) is 18.6. The molecular weight excluding hydrogens is 473 g/mol. The fraction of sp³-hybridized carbons (Fsp3) is 0.545. The number of nitrogens with one attached hydrogen (secondary N) is 3. The van der Waals surface area contributed by atoms with Gasteiger partial charge in [0.15, 0.2) is 0 Å². The van der Waals surface area contributed by atoms with Crippen molar-refractivity contribution < 1.29 is 22.7 Å². The molecule has 1 atom stereocenters. The number of ether oxygens (including phenoxy) is 1. The molecule has 2 aliphatic heterocycles. The summed E-state index contributed by atoms with van der Waals surface area (Å²) in [6, 6.07) is 1.67. The van der Waals surface area contributed by atoms with Crippen LogP contribution in [0.3, 0.4) is 0 Å². The molecule has 2 saturated heterocycles. The summed E-state index contributed by atoms with van der Waals surface area (Å²) in [7, 11) is 0. The highest BCUT2D eigenvalue weighted by atomic mass is 35.5. The second kappa shape index (κ2) is 12.8. The van der Waals surface area contributed by atoms with E-state index in [9.17, 15) is 18.0 Å². The molecule has 0 radical (unpaired) electrons. The highest BCUT2D eigenvalue weighted by Crippen LogP contribution is 2.30. The van der Waals surface area contributed by atoms with Crippen LogP contribution in [-0.4, -0.2) is 60.4 Å². The number of alkyl halides is 3. The molecule has 0 bridgehead atoms. The first-order valence-corrected chi connectivity index (χ1v) is 11.5. The minimum absolute atomic E-state index is 0.101. The molecule has 0 spiro atoms. The zero-order valence-corrected chi connectivity index (χ0v) is 19.3. The Morgan fingerprint density at radius 3 is 2.62 bits per heavy atom. The minimum atomic E-state index is -3.99. The van der Waals surface area contributed by atoms with Gasteiger partial charge in [0.1, 0.15) is 11.6 Å². The van der Waals surface area contributed by atoms with Gasteiger partial charge in [0.05, 0.1) is 29.0 Å². The quantitative estimate of drug-likeness (QED) is 0.512. The normalized spacial score (nSPS) is 19.0. The van der Waals surface area contributed by atoms with E-state index in [2.05, 4.69) is 30.9 Å². The number of amides is 1. The van der Waals surface area contributed by atoms with Gasteiger partial charge in [-0.05, 0) is 44.2 Å². The Morgan fingerprint density at radius 1 is 1.18 bits per heavy atom. The average Bonchev–Trinajstić information content (AvgIpc) is 2.85. The number of anilines is 2. The Labute approximate surface area is 201 Å². The van der Waals surface area contributed by atoms with E-state index in [0.29, 0.717) is 46.7 Å². The van der Waals surface area contributed by atoms with Crippen molar-refractivity contribution in [2.24, 2.45) is 11.8 Å². The molecule has 0 aliphatic carbocycles. The van der Waals surface area contributed by atoms with E-state index in [1.807, 2.05) is 0 Å². The lowest BCUT2D eigenvalue weighted by Gasteiger charge is -2.24. The molecule has 2 aromatic heterocycles. The molecule has 2 aromatic rings. The van der Waals surface area contributed by atoms with E-state index in [4.69, 9.17) is 16.3 Å². The lowest BCUT2D eigenvalue weighted by atomic mass is 9.99. The van der Waals surface area contributed by atoms with Gasteiger partial charge < -0.3 is 20.7 Å². The largest absolute Gasteiger partial charge is 0.393 e. The number of aromatic nitrogens is 3. The highest BCUT2D eigenvalue weighted by molar-refractivity contribution is 6.33. The topological polar surface area (TPSA) is 101 Å². The molecule has 2 fully saturated rings. The lowest BCUT2D eigenvalue weighted by Crippen LogP contribution is -2.38. The molecule has 3 N–H and O–H groups in total. The maximum atomic E-state index is 11.9. The number of hydrogen-bond acceptors (Lipinski definition) is 7. The first-order valence-electron chi connectivity index (χ1n) is 11.1. The Balaban J connectivity index is 0.000000271. The van der Waals surface area contributed by atoms with Crippen LogP contribution in [-0.2, 0) is 9.53 Å². The van der Waals surface area contributed by atoms with Crippen LogP contribution in [0.5, 0.6) is 0 Å². The third-order valence-electron chi connectivity index (χ3n) is 5.65. The number of carbonyl (C=O) groups is 1. The number of hydrogen-bond donors (Lipinski definition) is 3. The molecular formula is C22H28ClF3N6O2. The van der Waals surface area contributed by atoms with E-state index in [0.717, 1.165) is 39.1 Å². The first-order chi connectivity index (χ1) is 16.4. The first kappa shape index (κ1) is 26.1. The Kier molecular flexibility index (Phi) is 9.85. The van der Waals surface area contributed by atoms with Crippen molar-refractivity contribution in [3.05, 3.63) is 29.7 Å². The number of piperidine rings is 1. The average molecular weight is 501 g/mol. The number of rotatable bonds is 6. The standard InChI is InChI=1S/C16H18ClN5O2.C6H10F3N/c17-13-7-20-15(21-10-23)5-12(13)14-8-18-9-16(22-14)19-6-11-1-3-24-4-2-11;7-6(8,9)5-2-1-3-10-4-5/h5,7-11H,1-4,6H2,(H,19,22)(H,20,21,23);5,10H,1-4H2. The summed E-state index contributed by atoms with van der Waals surface area (Å²) < 4.78 is 41.1. The van der Waals surface area contributed by atoms with E-state index in [-0.39, 0.29) is 13.0 Å². The SMILES string of the molecule is FC(F)(F)C1CCCNC1.O=CNc1cc(-c2cncc(NCC3CCOCC3)n2)c(Cl)cn1. The fourth-order valence-electron chi connectivity index (χ4n) is 3.69. The van der Waals surface area contributed by atoms with Crippen molar-refractivity contribution in [3.8, 4) is 11.3 Å². The number of halogens is 4. The Morgan fingerprint density at radius 2 is 1.97 bits per heavy atom. The maximum Gasteiger partial charge on any atom is 0.393 e. The smallest absolute Gasteiger partial charge is 0.381 e. The van der Waals surface area contributed by atoms with Gasteiger partial charge in [0, 0.05) is 38.1 Å². The van der Waals surface area contributed by atoms with Crippen LogP contribution in [0.15, 0.2) is 24.7 Å². The van der Waals surface area contributed by atoms with Gasteiger partial charge in [-0.15, -0.1) is 0 Å². The zero-order chi connectivity index (χ0) is 24.4. The molecule has 12 heteroatoms. The summed E-state index contributed by atoms with van der Waals surface area (Å²) in [6.45, 7) is 3.30. The van der Waals surface area contributed by atoms with E-state index in [1.54, 1.807) is 18.5 Å². The third kappa shape index (κ3) is 8.07. The van der Waals surface area contributed by atoms with Crippen molar-refractivity contribution in [1.82, 2.24) is 20.3 Å². The molecule has 34 heavy (non-hydrogen) atoms. The predicted molar refractivity (Wildman–Crippen MR) is 124 cm³/mol. The molecule has 2 aliphatic rings. The summed E-state index contributed by atoms with van der Waals surface area (Å²) in [5.41, 5.74) is 1.28. The Bertz CT molecular complexity index is 922. The van der Waals surface area contributed by atoms with Crippen LogP contribution in [0, 0.1) is 11.8 Å². The molecule has 1 amide bonds. The summed E-state index contributed by atoms with van der Waals surface area (Å²) in [4.78, 5) is 23.4. The van der Waals surface area contributed by atoms with Crippen LogP contribution < -0.4 is 16.0 Å². The third-order valence-corrected chi connectivity index (χ3v) is 5.95. The van der Waals surface area contributed by atoms with Crippen LogP contribution in [0.1, 0.15) is 25.7 Å². The van der Waals surface area contributed by atoms with Crippen LogP contribution in [0.2, 0.25) is 5.02 Å². The summed E-state index contributed by atoms with van der Waals surface area (Å²) in [5.74, 6) is 0.571. The molecule has 8 nitrogen and oxygen atoms in total. The van der Waals surface area contributed by atoms with Crippen LogP contribution in [0.4, 0.5) is 24.8 Å². The van der Waals surface area contributed by atoms with E-state index >= 15 is 0 Å². The van der Waals surface area contributed by atoms with Crippen LogP contribution in [0.25, 0.3) is 11.3 Å². The van der Waals surface area contributed by atoms with Crippen molar-refractivity contribution in [2.75, 3.05) is 43.5 Å². The number of carbonyl (C=O) groups excluding carboxylic acids is 1. The number of pyridine rings is 1. The summed E-state index contributed by atoms with van der Waals surface area (Å²) >= 11 is 6.20. The summed E-state index contributed by atoms with van der Waals surface area (Å²) in [6.07, 6.45) is 4.40. The molecule has 1 unspecified atom stereocenters. The fourth-order valence-corrected chi connectivity index (χ4v) is 3.89. The lowest BCUT2D eigenvalue weighted by molar-refractivity contribution is -0.177. The molecule has 4 heterocycles. The maximum absolute atomic E-state index is 11.9. The molecule has 0 saturated carbocycles. The van der Waals surface area contributed by atoms with E-state index in [1.165, 1.54) is 6.20 Å². The van der Waals surface area contributed by atoms with Crippen LogP contribution >= 0.6 is 11.6 Å². The van der Waals surface area contributed by atoms with Gasteiger partial charge in [0.2, 0.25) is 6.41 Å². The number of nitrogens with zero attached hydrogens (tertiary/aromatic N) is 3. The molecule has 4 rings (SSSR count). The van der Waals surface area contributed by atoms with Crippen molar-refractivity contribution in [3.63, 3.8) is 0 Å². The summed E-state index contributed by atoms with van der Waals surface area (Å²) in [5, 5.41) is 8.99. The predicted octanol–water partition coefficient (Wildman–Crippen LogP) is 4.15. The molecule has 0 aromatic carbocycles. The van der Waals surface area contributed by atoms with E-state index < -0.39 is 12.1 Å². The van der Waals surface area contributed by atoms with Crippen molar-refractivity contribution in [1.29, 1.82) is 0 Å². The second-order valence-electron chi connectivity index (χ2n) is 8.12. The van der Waals surface area contributed by atoms with Gasteiger partial charge in [-0.2, -0.15) is 13.2 Å². The van der Waals surface area contributed by atoms with Gasteiger partial charge in [-0.3, -0.25) is 9.78 Å². The van der Waals surface area contributed by atoms with Crippen molar-refractivity contribution >= 4 is 29.6 Å². The minimum Gasteiger partial charge on any atom is -0.381 e. The van der Waals surface area contributed by atoms with Gasteiger partial charge in [-0.25, -0.2) is 9.97 Å². The second-order valence-corrected chi connectivity index (χ2v) is 8.53. The highest BCUT2D eigenvalue weighted by Gasteiger charge is 2.39. The Hall–Kier alpha value is -2.50. The van der Waals surface area contributed by atoms with Crippen molar-refractivity contribution in [2.45, 2.75) is 31.9 Å².